The second kappa shape index (κ2) is 5.92. The molecule has 0 saturated heterocycles. The monoisotopic (exact) mass is 280 g/mol. The summed E-state index contributed by atoms with van der Waals surface area (Å²) in [6.07, 6.45) is 2.66. The quantitative estimate of drug-likeness (QED) is 0.732. The van der Waals surface area contributed by atoms with Crippen LogP contribution < -0.4 is 5.32 Å². The maximum Gasteiger partial charge on any atom is 0.123 e. The number of fused-ring (bicyclic) bond motifs is 1. The highest BCUT2D eigenvalue weighted by Crippen LogP contribution is 2.27. The molecule has 3 aromatic rings. The number of halogens is 1. The zero-order valence-corrected chi connectivity index (χ0v) is 11.9. The molecule has 3 rings (SSSR count). The van der Waals surface area contributed by atoms with Crippen molar-refractivity contribution in [2.75, 3.05) is 5.32 Å². The number of pyridine rings is 1. The smallest absolute Gasteiger partial charge is 0.123 e. The van der Waals surface area contributed by atoms with Crippen LogP contribution in [0, 0.1) is 5.82 Å². The van der Waals surface area contributed by atoms with E-state index in [0.29, 0.717) is 0 Å². The molecule has 0 radical (unpaired) electrons. The molecule has 0 aliphatic heterocycles. The van der Waals surface area contributed by atoms with E-state index in [1.807, 2.05) is 36.4 Å². The number of nitrogens with one attached hydrogen (secondary N) is 1. The van der Waals surface area contributed by atoms with Crippen LogP contribution in [0.1, 0.15) is 24.9 Å². The minimum atomic E-state index is -0.205. The molecular formula is C18H17FN2. The first-order valence-corrected chi connectivity index (χ1v) is 7.13. The summed E-state index contributed by atoms with van der Waals surface area (Å²) in [5.41, 5.74) is 2.87. The van der Waals surface area contributed by atoms with Crippen LogP contribution in [0.15, 0.2) is 60.8 Å². The van der Waals surface area contributed by atoms with Gasteiger partial charge < -0.3 is 5.32 Å². The Hall–Kier alpha value is -2.42. The van der Waals surface area contributed by atoms with Gasteiger partial charge >= 0.3 is 0 Å². The van der Waals surface area contributed by atoms with Gasteiger partial charge in [-0.1, -0.05) is 37.3 Å². The minimum Gasteiger partial charge on any atom is -0.376 e. The number of nitrogens with zero attached hydrogens (tertiary/aromatic N) is 1. The highest BCUT2D eigenvalue weighted by molar-refractivity contribution is 5.90. The van der Waals surface area contributed by atoms with E-state index in [1.54, 1.807) is 18.3 Å². The number of aromatic nitrogens is 1. The molecule has 3 heteroatoms. The van der Waals surface area contributed by atoms with Gasteiger partial charge in [-0.15, -0.1) is 0 Å². The summed E-state index contributed by atoms with van der Waals surface area (Å²) in [5.74, 6) is -0.205. The summed E-state index contributed by atoms with van der Waals surface area (Å²) in [6, 6.07) is 16.8. The lowest BCUT2D eigenvalue weighted by molar-refractivity contribution is 0.621. The van der Waals surface area contributed by atoms with Crippen molar-refractivity contribution in [1.29, 1.82) is 0 Å². The first-order chi connectivity index (χ1) is 10.3. The third kappa shape index (κ3) is 2.87. The molecule has 21 heavy (non-hydrogen) atoms. The number of hydrogen-bond acceptors (Lipinski definition) is 2. The van der Waals surface area contributed by atoms with Crippen molar-refractivity contribution in [2.45, 2.75) is 19.4 Å². The molecule has 0 aliphatic carbocycles. The summed E-state index contributed by atoms with van der Waals surface area (Å²) < 4.78 is 13.4. The van der Waals surface area contributed by atoms with Gasteiger partial charge in [0, 0.05) is 11.6 Å². The Bertz CT molecular complexity index is 750. The Labute approximate surface area is 123 Å². The lowest BCUT2D eigenvalue weighted by atomic mass is 10.0. The molecule has 0 spiro atoms. The zero-order chi connectivity index (χ0) is 14.7. The normalized spacial score (nSPS) is 12.3. The molecule has 1 atom stereocenters. The number of benzene rings is 2. The molecule has 0 amide bonds. The van der Waals surface area contributed by atoms with Crippen molar-refractivity contribution in [3.8, 4) is 0 Å². The number of rotatable bonds is 4. The fourth-order valence-electron chi connectivity index (χ4n) is 2.55. The number of para-hydroxylation sites is 1. The van der Waals surface area contributed by atoms with E-state index in [0.717, 1.165) is 28.6 Å². The van der Waals surface area contributed by atoms with Crippen molar-refractivity contribution in [2.24, 2.45) is 0 Å². The van der Waals surface area contributed by atoms with Gasteiger partial charge in [0.2, 0.25) is 0 Å². The second-order valence-corrected chi connectivity index (χ2v) is 5.04. The average Bonchev–Trinajstić information content (AvgIpc) is 2.52. The van der Waals surface area contributed by atoms with E-state index in [2.05, 4.69) is 17.2 Å². The first-order valence-electron chi connectivity index (χ1n) is 7.13. The van der Waals surface area contributed by atoms with Gasteiger partial charge in [-0.3, -0.25) is 4.98 Å². The van der Waals surface area contributed by atoms with E-state index in [4.69, 9.17) is 0 Å². The molecule has 0 bridgehead atoms. The fraction of sp³-hybridized carbons (Fsp3) is 0.167. The van der Waals surface area contributed by atoms with Crippen LogP contribution in [0.25, 0.3) is 10.9 Å². The predicted octanol–water partition coefficient (Wildman–Crippen LogP) is 4.94. The highest BCUT2D eigenvalue weighted by atomic mass is 19.1. The van der Waals surface area contributed by atoms with Gasteiger partial charge in [0.05, 0.1) is 17.2 Å². The molecule has 1 unspecified atom stereocenters. The Balaban J connectivity index is 1.96. The third-order valence-electron chi connectivity index (χ3n) is 3.62. The van der Waals surface area contributed by atoms with Crippen LogP contribution in [-0.2, 0) is 0 Å². The Kier molecular flexibility index (Phi) is 3.82. The third-order valence-corrected chi connectivity index (χ3v) is 3.62. The van der Waals surface area contributed by atoms with Crippen LogP contribution >= 0.6 is 0 Å². The lowest BCUT2D eigenvalue weighted by Crippen LogP contribution is -2.10. The van der Waals surface area contributed by atoms with Crippen LogP contribution in [0.3, 0.4) is 0 Å². The summed E-state index contributed by atoms with van der Waals surface area (Å²) in [4.78, 5) is 4.44. The molecule has 0 fully saturated rings. The van der Waals surface area contributed by atoms with Gasteiger partial charge in [0.15, 0.2) is 0 Å². The van der Waals surface area contributed by atoms with Crippen LogP contribution in [0.5, 0.6) is 0 Å². The van der Waals surface area contributed by atoms with E-state index < -0.39 is 0 Å². The van der Waals surface area contributed by atoms with E-state index in [-0.39, 0.29) is 11.9 Å². The molecule has 0 aliphatic rings. The average molecular weight is 280 g/mol. The number of hydrogen-bond donors (Lipinski definition) is 1. The molecule has 1 N–H and O–H groups in total. The number of anilines is 1. The summed E-state index contributed by atoms with van der Waals surface area (Å²) in [5, 5.41) is 4.58. The van der Waals surface area contributed by atoms with E-state index >= 15 is 0 Å². The standard InChI is InChI=1S/C18H17FN2/c1-2-16(14-7-3-9-15(19)12-14)21-17-10-4-6-13-8-5-11-20-18(13)17/h3-12,16,21H,2H2,1H3. The molecule has 0 saturated carbocycles. The fourth-order valence-corrected chi connectivity index (χ4v) is 2.55. The topological polar surface area (TPSA) is 24.9 Å². The first kappa shape index (κ1) is 13.6. The van der Waals surface area contributed by atoms with Crippen LogP contribution in [-0.4, -0.2) is 4.98 Å². The zero-order valence-electron chi connectivity index (χ0n) is 11.9. The van der Waals surface area contributed by atoms with Crippen molar-refractivity contribution in [1.82, 2.24) is 4.98 Å². The molecule has 106 valence electrons. The highest BCUT2D eigenvalue weighted by Gasteiger charge is 2.11. The Morgan fingerprint density at radius 2 is 1.90 bits per heavy atom. The van der Waals surface area contributed by atoms with Crippen molar-refractivity contribution in [3.05, 3.63) is 72.2 Å². The lowest BCUT2D eigenvalue weighted by Gasteiger charge is -2.19. The summed E-state index contributed by atoms with van der Waals surface area (Å²) in [7, 11) is 0. The van der Waals surface area contributed by atoms with Crippen LogP contribution in [0.2, 0.25) is 0 Å². The van der Waals surface area contributed by atoms with Crippen molar-refractivity contribution < 1.29 is 4.39 Å². The van der Waals surface area contributed by atoms with Crippen molar-refractivity contribution >= 4 is 16.6 Å². The van der Waals surface area contributed by atoms with Gasteiger partial charge in [0.1, 0.15) is 5.82 Å². The van der Waals surface area contributed by atoms with Gasteiger partial charge in [-0.25, -0.2) is 4.39 Å². The van der Waals surface area contributed by atoms with E-state index in [1.165, 1.54) is 6.07 Å². The largest absolute Gasteiger partial charge is 0.376 e. The molecule has 2 nitrogen and oxygen atoms in total. The van der Waals surface area contributed by atoms with Crippen molar-refractivity contribution in [3.63, 3.8) is 0 Å². The second-order valence-electron chi connectivity index (χ2n) is 5.04. The van der Waals surface area contributed by atoms with Crippen LogP contribution in [0.4, 0.5) is 10.1 Å². The summed E-state index contributed by atoms with van der Waals surface area (Å²) >= 11 is 0. The Morgan fingerprint density at radius 1 is 1.10 bits per heavy atom. The summed E-state index contributed by atoms with van der Waals surface area (Å²) in [6.45, 7) is 2.08. The SMILES string of the molecule is CCC(Nc1cccc2cccnc12)c1cccc(F)c1. The Morgan fingerprint density at radius 3 is 2.71 bits per heavy atom. The van der Waals surface area contributed by atoms with Gasteiger partial charge in [-0.05, 0) is 36.2 Å². The minimum absolute atomic E-state index is 0.0632. The molecular weight excluding hydrogens is 263 g/mol. The molecule has 2 aromatic carbocycles. The van der Waals surface area contributed by atoms with Gasteiger partial charge in [0.25, 0.3) is 0 Å². The maximum absolute atomic E-state index is 13.4. The molecule has 1 heterocycles. The molecule has 1 aromatic heterocycles. The van der Waals surface area contributed by atoms with E-state index in [9.17, 15) is 4.39 Å². The van der Waals surface area contributed by atoms with Gasteiger partial charge in [-0.2, -0.15) is 0 Å². The predicted molar refractivity (Wildman–Crippen MR) is 84.8 cm³/mol. The maximum atomic E-state index is 13.4.